The number of aromatic nitrogens is 2. The van der Waals surface area contributed by atoms with Gasteiger partial charge in [0.05, 0.1) is 24.2 Å². The SMILES string of the molecule is COc1ccc([C@H]2CCCCCN2C(=O)CCn2c(=O)n(C)c3ccccc32)cc1. The van der Waals surface area contributed by atoms with Gasteiger partial charge in [-0.1, -0.05) is 37.1 Å². The molecule has 0 aliphatic carbocycles. The van der Waals surface area contributed by atoms with Crippen LogP contribution in [0.15, 0.2) is 53.3 Å². The lowest BCUT2D eigenvalue weighted by atomic mass is 10.0. The number of amides is 1. The van der Waals surface area contributed by atoms with Crippen molar-refractivity contribution in [1.82, 2.24) is 14.0 Å². The lowest BCUT2D eigenvalue weighted by Gasteiger charge is -2.31. The van der Waals surface area contributed by atoms with Gasteiger partial charge in [0.2, 0.25) is 5.91 Å². The third-order valence-electron chi connectivity index (χ3n) is 6.17. The number of rotatable bonds is 5. The van der Waals surface area contributed by atoms with Crippen LogP contribution < -0.4 is 10.4 Å². The molecule has 0 spiro atoms. The van der Waals surface area contributed by atoms with Crippen molar-refractivity contribution in [3.63, 3.8) is 0 Å². The topological polar surface area (TPSA) is 56.5 Å². The largest absolute Gasteiger partial charge is 0.497 e. The fraction of sp³-hybridized carbons (Fsp3) is 0.417. The molecular weight excluding hydrogens is 378 g/mol. The summed E-state index contributed by atoms with van der Waals surface area (Å²) in [6.45, 7) is 1.16. The Balaban J connectivity index is 1.55. The first-order chi connectivity index (χ1) is 14.6. The van der Waals surface area contributed by atoms with Gasteiger partial charge in [0, 0.05) is 26.6 Å². The van der Waals surface area contributed by atoms with Gasteiger partial charge in [0.1, 0.15) is 5.75 Å². The van der Waals surface area contributed by atoms with E-state index in [-0.39, 0.29) is 17.6 Å². The summed E-state index contributed by atoms with van der Waals surface area (Å²) in [5, 5.41) is 0. The van der Waals surface area contributed by atoms with Crippen LogP contribution in [0.1, 0.15) is 43.7 Å². The van der Waals surface area contributed by atoms with E-state index in [0.29, 0.717) is 13.0 Å². The standard InChI is InChI=1S/C24H29N3O3/c1-25-21-9-5-6-10-22(21)27(24(25)29)17-15-23(28)26-16-7-3-4-8-20(26)18-11-13-19(30-2)14-12-18/h5-6,9-14,20H,3-4,7-8,15-17H2,1-2H3/t20-/m1/s1. The summed E-state index contributed by atoms with van der Waals surface area (Å²) >= 11 is 0. The smallest absolute Gasteiger partial charge is 0.328 e. The Morgan fingerprint density at radius 2 is 1.77 bits per heavy atom. The molecule has 3 aromatic rings. The van der Waals surface area contributed by atoms with E-state index in [9.17, 15) is 9.59 Å². The number of methoxy groups -OCH3 is 1. The average molecular weight is 408 g/mol. The quantitative estimate of drug-likeness (QED) is 0.645. The molecule has 1 aliphatic heterocycles. The molecule has 0 saturated carbocycles. The maximum absolute atomic E-state index is 13.3. The number of fused-ring (bicyclic) bond motifs is 1. The zero-order chi connectivity index (χ0) is 21.1. The van der Waals surface area contributed by atoms with Gasteiger partial charge in [-0.2, -0.15) is 0 Å². The van der Waals surface area contributed by atoms with Crippen molar-refractivity contribution in [3.05, 3.63) is 64.6 Å². The summed E-state index contributed by atoms with van der Waals surface area (Å²) in [6, 6.07) is 15.8. The van der Waals surface area contributed by atoms with E-state index < -0.39 is 0 Å². The number of aryl methyl sites for hydroxylation is 2. The van der Waals surface area contributed by atoms with Crippen molar-refractivity contribution in [3.8, 4) is 5.75 Å². The molecule has 1 aromatic heterocycles. The molecule has 2 heterocycles. The second-order valence-electron chi connectivity index (χ2n) is 7.96. The lowest BCUT2D eigenvalue weighted by molar-refractivity contribution is -0.133. The van der Waals surface area contributed by atoms with Crippen molar-refractivity contribution in [2.24, 2.45) is 7.05 Å². The van der Waals surface area contributed by atoms with Crippen LogP contribution in [0.4, 0.5) is 0 Å². The minimum atomic E-state index is -0.0772. The Labute approximate surface area is 176 Å². The molecule has 158 valence electrons. The van der Waals surface area contributed by atoms with Gasteiger partial charge in [-0.25, -0.2) is 4.79 Å². The Morgan fingerprint density at radius 3 is 2.50 bits per heavy atom. The van der Waals surface area contributed by atoms with E-state index in [1.807, 2.05) is 41.3 Å². The molecule has 4 rings (SSSR count). The highest BCUT2D eigenvalue weighted by molar-refractivity contribution is 5.78. The van der Waals surface area contributed by atoms with Crippen molar-refractivity contribution in [2.45, 2.75) is 44.7 Å². The van der Waals surface area contributed by atoms with Crippen LogP contribution in [-0.2, 0) is 18.4 Å². The van der Waals surface area contributed by atoms with Crippen molar-refractivity contribution in [1.29, 1.82) is 0 Å². The predicted molar refractivity (Wildman–Crippen MR) is 118 cm³/mol. The van der Waals surface area contributed by atoms with Crippen LogP contribution in [-0.4, -0.2) is 33.6 Å². The zero-order valence-corrected chi connectivity index (χ0v) is 17.7. The molecule has 1 aliphatic rings. The number of ether oxygens (including phenoxy) is 1. The third-order valence-corrected chi connectivity index (χ3v) is 6.17. The lowest BCUT2D eigenvalue weighted by Crippen LogP contribution is -2.36. The first-order valence-corrected chi connectivity index (χ1v) is 10.7. The Morgan fingerprint density at radius 1 is 1.03 bits per heavy atom. The van der Waals surface area contributed by atoms with Crippen molar-refractivity contribution < 1.29 is 9.53 Å². The number of nitrogens with zero attached hydrogens (tertiary/aromatic N) is 3. The van der Waals surface area contributed by atoms with Gasteiger partial charge < -0.3 is 9.64 Å². The Bertz CT molecular complexity index is 1080. The molecule has 1 amide bonds. The van der Waals surface area contributed by atoms with E-state index in [2.05, 4.69) is 12.1 Å². The van der Waals surface area contributed by atoms with Crippen LogP contribution in [0.2, 0.25) is 0 Å². The number of benzene rings is 2. The van der Waals surface area contributed by atoms with E-state index >= 15 is 0 Å². The van der Waals surface area contributed by atoms with Crippen LogP contribution >= 0.6 is 0 Å². The van der Waals surface area contributed by atoms with Gasteiger partial charge >= 0.3 is 5.69 Å². The highest BCUT2D eigenvalue weighted by atomic mass is 16.5. The molecule has 0 unspecified atom stereocenters. The second-order valence-corrected chi connectivity index (χ2v) is 7.96. The summed E-state index contributed by atoms with van der Waals surface area (Å²) in [4.78, 5) is 28.0. The molecule has 2 aromatic carbocycles. The minimum Gasteiger partial charge on any atom is -0.497 e. The fourth-order valence-corrected chi connectivity index (χ4v) is 4.51. The van der Waals surface area contributed by atoms with E-state index in [1.165, 1.54) is 0 Å². The van der Waals surface area contributed by atoms with Gasteiger partial charge in [-0.3, -0.25) is 13.9 Å². The maximum Gasteiger partial charge on any atom is 0.328 e. The minimum absolute atomic E-state index is 0.0772. The summed E-state index contributed by atoms with van der Waals surface area (Å²) in [5.41, 5.74) is 2.83. The summed E-state index contributed by atoms with van der Waals surface area (Å²) in [5.74, 6) is 0.929. The number of para-hydroxylation sites is 2. The van der Waals surface area contributed by atoms with Gasteiger partial charge in [-0.15, -0.1) is 0 Å². The summed E-state index contributed by atoms with van der Waals surface area (Å²) < 4.78 is 8.64. The van der Waals surface area contributed by atoms with Gasteiger partial charge in [0.25, 0.3) is 0 Å². The van der Waals surface area contributed by atoms with E-state index in [4.69, 9.17) is 4.74 Å². The van der Waals surface area contributed by atoms with Crippen LogP contribution in [0, 0.1) is 0 Å². The molecule has 1 fully saturated rings. The molecule has 0 bridgehead atoms. The molecule has 6 nitrogen and oxygen atoms in total. The van der Waals surface area contributed by atoms with Crippen LogP contribution in [0.3, 0.4) is 0 Å². The Hall–Kier alpha value is -3.02. The molecule has 1 saturated heterocycles. The monoisotopic (exact) mass is 407 g/mol. The number of carbonyl (C=O) groups is 1. The first kappa shape index (κ1) is 20.3. The highest BCUT2D eigenvalue weighted by Crippen LogP contribution is 2.31. The number of hydrogen-bond acceptors (Lipinski definition) is 3. The molecule has 0 N–H and O–H groups in total. The van der Waals surface area contributed by atoms with E-state index in [1.54, 1.807) is 23.3 Å². The maximum atomic E-state index is 13.3. The number of imidazole rings is 1. The zero-order valence-electron chi connectivity index (χ0n) is 17.7. The fourth-order valence-electron chi connectivity index (χ4n) is 4.51. The predicted octanol–water partition coefficient (Wildman–Crippen LogP) is 3.88. The molecule has 0 radical (unpaired) electrons. The van der Waals surface area contributed by atoms with Crippen LogP contribution in [0.5, 0.6) is 5.75 Å². The normalized spacial score (nSPS) is 17.1. The Kier molecular flexibility index (Phi) is 5.93. The molecule has 1 atom stereocenters. The molecular formula is C24H29N3O3. The van der Waals surface area contributed by atoms with Gasteiger partial charge in [0.15, 0.2) is 0 Å². The summed E-state index contributed by atoms with van der Waals surface area (Å²) in [7, 11) is 3.43. The van der Waals surface area contributed by atoms with Crippen LogP contribution in [0.25, 0.3) is 11.0 Å². The second kappa shape index (κ2) is 8.78. The summed E-state index contributed by atoms with van der Waals surface area (Å²) in [6.07, 6.45) is 4.56. The highest BCUT2D eigenvalue weighted by Gasteiger charge is 2.27. The number of likely N-dealkylation sites (tertiary alicyclic amines) is 1. The van der Waals surface area contributed by atoms with Gasteiger partial charge in [-0.05, 0) is 42.7 Å². The average Bonchev–Trinajstić information content (AvgIpc) is 2.94. The van der Waals surface area contributed by atoms with Crippen molar-refractivity contribution in [2.75, 3.05) is 13.7 Å². The number of hydrogen-bond donors (Lipinski definition) is 0. The molecule has 6 heteroatoms. The van der Waals surface area contributed by atoms with Crippen molar-refractivity contribution >= 4 is 16.9 Å². The first-order valence-electron chi connectivity index (χ1n) is 10.7. The molecule has 30 heavy (non-hydrogen) atoms. The number of carbonyl (C=O) groups excluding carboxylic acids is 1. The third kappa shape index (κ3) is 3.86. The van der Waals surface area contributed by atoms with E-state index in [0.717, 1.165) is 54.6 Å².